The van der Waals surface area contributed by atoms with Crippen LogP contribution in [0.1, 0.15) is 48.9 Å². The van der Waals surface area contributed by atoms with Gasteiger partial charge in [-0.2, -0.15) is 5.10 Å². The average Bonchev–Trinajstić information content (AvgIpc) is 2.91. The van der Waals surface area contributed by atoms with Crippen LogP contribution in [0.2, 0.25) is 5.15 Å². The molecule has 0 radical (unpaired) electrons. The fraction of sp³-hybridized carbons (Fsp3) is 0.778. The minimum Gasteiger partial charge on any atom is -0.390 e. The number of methoxy groups -OCH3 is 1. The van der Waals surface area contributed by atoms with Crippen LogP contribution in [-0.2, 0) is 11.3 Å². The molecule has 4 aliphatic carbocycles. The molecule has 1 heterocycles. The van der Waals surface area contributed by atoms with Gasteiger partial charge in [0.25, 0.3) is 5.91 Å². The average molecular weight is 368 g/mol. The van der Waals surface area contributed by atoms with Crippen molar-refractivity contribution in [3.05, 3.63) is 16.9 Å². The van der Waals surface area contributed by atoms with E-state index in [0.29, 0.717) is 41.6 Å². The van der Waals surface area contributed by atoms with Gasteiger partial charge in [0.2, 0.25) is 0 Å². The van der Waals surface area contributed by atoms with Gasteiger partial charge >= 0.3 is 0 Å². The Morgan fingerprint density at radius 1 is 1.44 bits per heavy atom. The molecule has 4 fully saturated rings. The minimum absolute atomic E-state index is 0.146. The number of aryl methyl sites for hydroxylation is 1. The Morgan fingerprint density at radius 2 is 2.16 bits per heavy atom. The smallest absolute Gasteiger partial charge is 0.256 e. The fourth-order valence-electron chi connectivity index (χ4n) is 5.48. The summed E-state index contributed by atoms with van der Waals surface area (Å²) in [6, 6.07) is 0.150. The molecule has 4 aliphatic rings. The molecular formula is C18H26ClN3O3. The SMILES string of the molecule is COCCCn1ncc(C(=O)NC2C3CC4CC2CC(O)(C4)C3)c1Cl. The number of aromatic nitrogens is 2. The molecule has 25 heavy (non-hydrogen) atoms. The number of carbonyl (C=O) groups excluding carboxylic acids is 1. The first-order chi connectivity index (χ1) is 12.0. The third-order valence-electron chi connectivity index (χ3n) is 6.28. The van der Waals surface area contributed by atoms with E-state index in [9.17, 15) is 9.90 Å². The van der Waals surface area contributed by atoms with Gasteiger partial charge in [-0.05, 0) is 56.3 Å². The molecule has 0 saturated heterocycles. The van der Waals surface area contributed by atoms with Crippen LogP contribution in [0, 0.1) is 17.8 Å². The van der Waals surface area contributed by atoms with Crippen molar-refractivity contribution in [1.29, 1.82) is 0 Å². The lowest BCUT2D eigenvalue weighted by Gasteiger charge is -2.58. The molecule has 7 heteroatoms. The van der Waals surface area contributed by atoms with Gasteiger partial charge in [0, 0.05) is 26.3 Å². The number of aliphatic hydroxyl groups is 1. The van der Waals surface area contributed by atoms with E-state index in [-0.39, 0.29) is 11.9 Å². The fourth-order valence-corrected chi connectivity index (χ4v) is 5.75. The molecule has 5 rings (SSSR count). The van der Waals surface area contributed by atoms with E-state index in [1.54, 1.807) is 18.0 Å². The highest BCUT2D eigenvalue weighted by molar-refractivity contribution is 6.32. The van der Waals surface area contributed by atoms with Crippen molar-refractivity contribution in [2.24, 2.45) is 17.8 Å². The first-order valence-corrected chi connectivity index (χ1v) is 9.60. The number of nitrogens with one attached hydrogen (secondary N) is 1. The van der Waals surface area contributed by atoms with Crippen molar-refractivity contribution in [3.63, 3.8) is 0 Å². The number of rotatable bonds is 6. The molecule has 4 bridgehead atoms. The van der Waals surface area contributed by atoms with Crippen LogP contribution < -0.4 is 5.32 Å². The van der Waals surface area contributed by atoms with Gasteiger partial charge in [-0.15, -0.1) is 0 Å². The van der Waals surface area contributed by atoms with Crippen LogP contribution >= 0.6 is 11.6 Å². The van der Waals surface area contributed by atoms with Crippen LogP contribution in [0.4, 0.5) is 0 Å². The molecule has 2 unspecified atom stereocenters. The Bertz CT molecular complexity index is 646. The molecule has 138 valence electrons. The third-order valence-corrected chi connectivity index (χ3v) is 6.68. The highest BCUT2D eigenvalue weighted by Crippen LogP contribution is 2.55. The Morgan fingerprint density at radius 3 is 2.80 bits per heavy atom. The van der Waals surface area contributed by atoms with Crippen LogP contribution in [0.15, 0.2) is 6.20 Å². The monoisotopic (exact) mass is 367 g/mol. The number of hydrogen-bond donors (Lipinski definition) is 2. The molecule has 0 aliphatic heterocycles. The van der Waals surface area contributed by atoms with Crippen LogP contribution in [0.5, 0.6) is 0 Å². The van der Waals surface area contributed by atoms with Gasteiger partial charge in [-0.3, -0.25) is 9.48 Å². The zero-order chi connectivity index (χ0) is 17.6. The van der Waals surface area contributed by atoms with Gasteiger partial charge in [0.05, 0.1) is 17.4 Å². The summed E-state index contributed by atoms with van der Waals surface area (Å²) in [5.41, 5.74) is -0.0479. The molecule has 2 atom stereocenters. The van der Waals surface area contributed by atoms with Gasteiger partial charge < -0.3 is 15.2 Å². The van der Waals surface area contributed by atoms with E-state index in [1.807, 2.05) is 0 Å². The lowest BCUT2D eigenvalue weighted by molar-refractivity contribution is -0.136. The third kappa shape index (κ3) is 3.20. The lowest BCUT2D eigenvalue weighted by Crippen LogP contribution is -2.61. The van der Waals surface area contributed by atoms with Gasteiger partial charge in [-0.1, -0.05) is 11.6 Å². The molecule has 6 nitrogen and oxygen atoms in total. The van der Waals surface area contributed by atoms with E-state index < -0.39 is 5.60 Å². The molecule has 0 spiro atoms. The summed E-state index contributed by atoms with van der Waals surface area (Å²) in [6.07, 6.45) is 7.16. The quantitative estimate of drug-likeness (QED) is 0.756. The number of ether oxygens (including phenoxy) is 1. The van der Waals surface area contributed by atoms with Crippen molar-refractivity contribution < 1.29 is 14.6 Å². The first kappa shape index (κ1) is 17.3. The number of halogens is 1. The predicted octanol–water partition coefficient (Wildman–Crippen LogP) is 2.24. The van der Waals surface area contributed by atoms with Crippen molar-refractivity contribution in [2.45, 2.75) is 56.7 Å². The van der Waals surface area contributed by atoms with E-state index in [0.717, 1.165) is 38.5 Å². The zero-order valence-electron chi connectivity index (χ0n) is 14.6. The van der Waals surface area contributed by atoms with Crippen molar-refractivity contribution in [2.75, 3.05) is 13.7 Å². The number of carbonyl (C=O) groups is 1. The van der Waals surface area contributed by atoms with Gasteiger partial charge in [0.1, 0.15) is 5.15 Å². The molecule has 1 aromatic rings. The predicted molar refractivity (Wildman–Crippen MR) is 93.5 cm³/mol. The summed E-state index contributed by atoms with van der Waals surface area (Å²) in [7, 11) is 1.66. The van der Waals surface area contributed by atoms with E-state index in [1.165, 1.54) is 0 Å². The molecule has 4 saturated carbocycles. The lowest BCUT2D eigenvalue weighted by atomic mass is 9.52. The minimum atomic E-state index is -0.485. The summed E-state index contributed by atoms with van der Waals surface area (Å²) in [5.74, 6) is 1.25. The van der Waals surface area contributed by atoms with Crippen LogP contribution in [0.3, 0.4) is 0 Å². The maximum atomic E-state index is 12.7. The zero-order valence-corrected chi connectivity index (χ0v) is 15.3. The maximum absolute atomic E-state index is 12.7. The van der Waals surface area contributed by atoms with Crippen molar-refractivity contribution in [1.82, 2.24) is 15.1 Å². The molecule has 1 aromatic heterocycles. The van der Waals surface area contributed by atoms with Crippen molar-refractivity contribution >= 4 is 17.5 Å². The molecular weight excluding hydrogens is 342 g/mol. The number of hydrogen-bond acceptors (Lipinski definition) is 4. The van der Waals surface area contributed by atoms with Crippen molar-refractivity contribution in [3.8, 4) is 0 Å². The summed E-state index contributed by atoms with van der Waals surface area (Å²) in [4.78, 5) is 12.7. The second-order valence-corrected chi connectivity index (χ2v) is 8.47. The molecule has 2 N–H and O–H groups in total. The van der Waals surface area contributed by atoms with E-state index in [4.69, 9.17) is 16.3 Å². The molecule has 0 aromatic carbocycles. The Kier molecular flexibility index (Phi) is 4.54. The Labute approximate surface area is 152 Å². The standard InChI is InChI=1S/C18H26ClN3O3/c1-25-4-2-3-22-16(19)14(10-20-22)17(23)21-15-12-5-11-6-13(15)9-18(24,7-11)8-12/h10-13,15,24H,2-9H2,1H3,(H,21,23). The van der Waals surface area contributed by atoms with E-state index >= 15 is 0 Å². The Hall–Kier alpha value is -1.11. The van der Waals surface area contributed by atoms with Gasteiger partial charge in [-0.25, -0.2) is 0 Å². The topological polar surface area (TPSA) is 76.4 Å². The highest BCUT2D eigenvalue weighted by atomic mass is 35.5. The Balaban J connectivity index is 1.43. The summed E-state index contributed by atoms with van der Waals surface area (Å²) < 4.78 is 6.68. The highest BCUT2D eigenvalue weighted by Gasteiger charge is 2.55. The second-order valence-electron chi connectivity index (χ2n) is 8.11. The summed E-state index contributed by atoms with van der Waals surface area (Å²) in [5, 5.41) is 18.5. The summed E-state index contributed by atoms with van der Waals surface area (Å²) in [6.45, 7) is 1.26. The summed E-state index contributed by atoms with van der Waals surface area (Å²) >= 11 is 6.35. The normalized spacial score (nSPS) is 36.0. The number of amides is 1. The van der Waals surface area contributed by atoms with Crippen LogP contribution in [0.25, 0.3) is 0 Å². The maximum Gasteiger partial charge on any atom is 0.256 e. The van der Waals surface area contributed by atoms with Gasteiger partial charge in [0.15, 0.2) is 0 Å². The largest absolute Gasteiger partial charge is 0.390 e. The number of nitrogens with zero attached hydrogens (tertiary/aromatic N) is 2. The second kappa shape index (κ2) is 6.56. The molecule has 1 amide bonds. The van der Waals surface area contributed by atoms with Crippen LogP contribution in [-0.4, -0.2) is 46.2 Å². The van der Waals surface area contributed by atoms with E-state index in [2.05, 4.69) is 10.4 Å². The first-order valence-electron chi connectivity index (χ1n) is 9.22.